The molecule has 0 radical (unpaired) electrons. The number of nitrogens with two attached hydrogens (primary N) is 1. The van der Waals surface area contributed by atoms with E-state index < -0.39 is 0 Å². The van der Waals surface area contributed by atoms with E-state index in [0.29, 0.717) is 0 Å². The average Bonchev–Trinajstić information content (AvgIpc) is 2.39. The lowest BCUT2D eigenvalue weighted by atomic mass is 10.1. The average molecular weight is 263 g/mol. The van der Waals surface area contributed by atoms with Gasteiger partial charge in [-0.15, -0.1) is 0 Å². The molecule has 0 aromatic heterocycles. The molecule has 0 spiro atoms. The first-order valence-electron chi connectivity index (χ1n) is 6.92. The number of carbonyl (C=O) groups is 1. The third kappa shape index (κ3) is 5.30. The van der Waals surface area contributed by atoms with Gasteiger partial charge in [0.05, 0.1) is 0 Å². The maximum Gasteiger partial charge on any atom is 0.321 e. The molecule has 0 saturated carbocycles. The molecule has 19 heavy (non-hydrogen) atoms. The van der Waals surface area contributed by atoms with Gasteiger partial charge in [-0.1, -0.05) is 31.9 Å². The molecule has 3 N–H and O–H groups in total. The predicted molar refractivity (Wildman–Crippen MR) is 80.2 cm³/mol. The molecule has 1 rings (SSSR count). The molecule has 1 atom stereocenters. The summed E-state index contributed by atoms with van der Waals surface area (Å²) < 4.78 is 0. The number of benzene rings is 1. The van der Waals surface area contributed by atoms with Crippen molar-refractivity contribution >= 4 is 11.7 Å². The summed E-state index contributed by atoms with van der Waals surface area (Å²) in [7, 11) is 1.82. The van der Waals surface area contributed by atoms with Gasteiger partial charge in [-0.3, -0.25) is 0 Å². The number of nitrogens with one attached hydrogen (secondary N) is 1. The first-order chi connectivity index (χ1) is 9.04. The zero-order chi connectivity index (χ0) is 14.3. The van der Waals surface area contributed by atoms with E-state index in [1.165, 1.54) is 0 Å². The van der Waals surface area contributed by atoms with E-state index in [1.54, 1.807) is 4.90 Å². The largest absolute Gasteiger partial charge is 0.328 e. The lowest BCUT2D eigenvalue weighted by Crippen LogP contribution is -2.32. The lowest BCUT2D eigenvalue weighted by Gasteiger charge is -2.18. The summed E-state index contributed by atoms with van der Waals surface area (Å²) in [6, 6.07) is 7.60. The first kappa shape index (κ1) is 15.5. The fraction of sp³-hybridized carbons (Fsp3) is 0.533. The Morgan fingerprint density at radius 3 is 2.47 bits per heavy atom. The van der Waals surface area contributed by atoms with Gasteiger partial charge < -0.3 is 16.0 Å². The van der Waals surface area contributed by atoms with E-state index in [9.17, 15) is 4.79 Å². The monoisotopic (exact) mass is 263 g/mol. The lowest BCUT2D eigenvalue weighted by molar-refractivity contribution is 0.221. The zero-order valence-electron chi connectivity index (χ0n) is 12.1. The normalized spacial score (nSPS) is 12.0. The van der Waals surface area contributed by atoms with Gasteiger partial charge in [0.1, 0.15) is 0 Å². The highest BCUT2D eigenvalue weighted by molar-refractivity contribution is 5.89. The summed E-state index contributed by atoms with van der Waals surface area (Å²) in [5.74, 6) is 0. The predicted octanol–water partition coefficient (Wildman–Crippen LogP) is 3.36. The van der Waals surface area contributed by atoms with Crippen LogP contribution in [0.4, 0.5) is 10.5 Å². The molecule has 0 bridgehead atoms. The smallest absolute Gasteiger partial charge is 0.321 e. The Balaban J connectivity index is 2.47. The Morgan fingerprint density at radius 2 is 1.95 bits per heavy atom. The van der Waals surface area contributed by atoms with Gasteiger partial charge in [0.2, 0.25) is 0 Å². The van der Waals surface area contributed by atoms with Crippen LogP contribution in [0.1, 0.15) is 44.7 Å². The highest BCUT2D eigenvalue weighted by atomic mass is 16.2. The maximum absolute atomic E-state index is 11.9. The number of rotatable bonds is 6. The molecule has 4 heteroatoms. The Morgan fingerprint density at radius 1 is 1.32 bits per heavy atom. The molecule has 2 amide bonds. The van der Waals surface area contributed by atoms with Crippen LogP contribution in [0.3, 0.4) is 0 Å². The number of anilines is 1. The molecule has 0 aliphatic rings. The standard InChI is InChI=1S/C15H25N3O/c1-4-5-6-11-18(3)15(19)17-14-9-7-13(8-10-14)12(2)16/h7-10,12H,4-6,11,16H2,1-3H3,(H,17,19). The number of hydrogen-bond acceptors (Lipinski definition) is 2. The molecular formula is C15H25N3O. The second kappa shape index (κ2) is 7.79. The van der Waals surface area contributed by atoms with Crippen LogP contribution >= 0.6 is 0 Å². The van der Waals surface area contributed by atoms with E-state index in [0.717, 1.165) is 37.1 Å². The molecule has 0 heterocycles. The fourth-order valence-electron chi connectivity index (χ4n) is 1.79. The van der Waals surface area contributed by atoms with Crippen LogP contribution in [0.25, 0.3) is 0 Å². The van der Waals surface area contributed by atoms with Crippen molar-refractivity contribution in [3.05, 3.63) is 29.8 Å². The second-order valence-electron chi connectivity index (χ2n) is 4.97. The molecule has 1 unspecified atom stereocenters. The molecule has 4 nitrogen and oxygen atoms in total. The minimum atomic E-state index is -0.0651. The molecule has 1 aromatic carbocycles. The third-order valence-electron chi connectivity index (χ3n) is 3.13. The SMILES string of the molecule is CCCCCN(C)C(=O)Nc1ccc(C(C)N)cc1. The van der Waals surface area contributed by atoms with E-state index >= 15 is 0 Å². The van der Waals surface area contributed by atoms with E-state index in [1.807, 2.05) is 38.2 Å². The molecule has 0 saturated heterocycles. The minimum absolute atomic E-state index is 0.0152. The highest BCUT2D eigenvalue weighted by Crippen LogP contribution is 2.14. The Bertz CT molecular complexity index is 387. The number of carbonyl (C=O) groups excluding carboxylic acids is 1. The molecule has 0 aliphatic heterocycles. The van der Waals surface area contributed by atoms with Crippen molar-refractivity contribution < 1.29 is 4.79 Å². The van der Waals surface area contributed by atoms with Crippen molar-refractivity contribution in [1.29, 1.82) is 0 Å². The van der Waals surface area contributed by atoms with E-state index in [2.05, 4.69) is 12.2 Å². The Labute approximate surface area is 116 Å². The topological polar surface area (TPSA) is 58.4 Å². The van der Waals surface area contributed by atoms with Crippen LogP contribution in [0.2, 0.25) is 0 Å². The number of amides is 2. The number of nitrogens with zero attached hydrogens (tertiary/aromatic N) is 1. The van der Waals surface area contributed by atoms with Gasteiger partial charge in [0, 0.05) is 25.3 Å². The maximum atomic E-state index is 11.9. The van der Waals surface area contributed by atoms with Crippen LogP contribution in [0.15, 0.2) is 24.3 Å². The Hall–Kier alpha value is -1.55. The van der Waals surface area contributed by atoms with Crippen LogP contribution in [0.5, 0.6) is 0 Å². The summed E-state index contributed by atoms with van der Waals surface area (Å²) in [6.45, 7) is 4.88. The van der Waals surface area contributed by atoms with Gasteiger partial charge in [0.15, 0.2) is 0 Å². The molecule has 0 aliphatic carbocycles. The van der Waals surface area contributed by atoms with Crippen molar-refractivity contribution in [2.45, 2.75) is 39.2 Å². The summed E-state index contributed by atoms with van der Waals surface area (Å²) >= 11 is 0. The summed E-state index contributed by atoms with van der Waals surface area (Å²) in [6.07, 6.45) is 3.36. The van der Waals surface area contributed by atoms with Gasteiger partial charge in [-0.25, -0.2) is 4.79 Å². The number of hydrogen-bond donors (Lipinski definition) is 2. The van der Waals surface area contributed by atoms with Crippen molar-refractivity contribution in [3.8, 4) is 0 Å². The van der Waals surface area contributed by atoms with Gasteiger partial charge in [-0.2, -0.15) is 0 Å². The summed E-state index contributed by atoms with van der Waals surface area (Å²) in [4.78, 5) is 13.6. The van der Waals surface area contributed by atoms with Gasteiger partial charge >= 0.3 is 6.03 Å². The van der Waals surface area contributed by atoms with Crippen molar-refractivity contribution in [2.75, 3.05) is 18.9 Å². The quantitative estimate of drug-likeness (QED) is 0.773. The number of unbranched alkanes of at least 4 members (excludes halogenated alkanes) is 2. The zero-order valence-corrected chi connectivity index (χ0v) is 12.1. The van der Waals surface area contributed by atoms with Crippen LogP contribution in [-0.4, -0.2) is 24.5 Å². The summed E-state index contributed by atoms with van der Waals surface area (Å²) in [5, 5.41) is 2.88. The molecular weight excluding hydrogens is 238 g/mol. The van der Waals surface area contributed by atoms with Crippen molar-refractivity contribution in [1.82, 2.24) is 4.90 Å². The molecule has 106 valence electrons. The van der Waals surface area contributed by atoms with Crippen LogP contribution in [-0.2, 0) is 0 Å². The highest BCUT2D eigenvalue weighted by Gasteiger charge is 2.08. The van der Waals surface area contributed by atoms with Crippen LogP contribution < -0.4 is 11.1 Å². The molecule has 0 fully saturated rings. The third-order valence-corrected chi connectivity index (χ3v) is 3.13. The van der Waals surface area contributed by atoms with E-state index in [4.69, 9.17) is 5.73 Å². The Kier molecular flexibility index (Phi) is 6.36. The minimum Gasteiger partial charge on any atom is -0.328 e. The summed E-state index contributed by atoms with van der Waals surface area (Å²) in [5.41, 5.74) is 7.65. The van der Waals surface area contributed by atoms with Crippen molar-refractivity contribution in [2.24, 2.45) is 5.73 Å². The fourth-order valence-corrected chi connectivity index (χ4v) is 1.79. The molecule has 1 aromatic rings. The number of urea groups is 1. The first-order valence-corrected chi connectivity index (χ1v) is 6.92. The van der Waals surface area contributed by atoms with Crippen molar-refractivity contribution in [3.63, 3.8) is 0 Å². The van der Waals surface area contributed by atoms with Crippen LogP contribution in [0, 0.1) is 0 Å². The van der Waals surface area contributed by atoms with Gasteiger partial charge in [0.25, 0.3) is 0 Å². The van der Waals surface area contributed by atoms with E-state index in [-0.39, 0.29) is 12.1 Å². The second-order valence-corrected chi connectivity index (χ2v) is 4.97. The van der Waals surface area contributed by atoms with Gasteiger partial charge in [-0.05, 0) is 31.0 Å².